The quantitative estimate of drug-likeness (QED) is 0.740. The molecule has 1 fully saturated rings. The highest BCUT2D eigenvalue weighted by Crippen LogP contribution is 2.31. The van der Waals surface area contributed by atoms with Gasteiger partial charge in [-0.3, -0.25) is 9.59 Å². The molecule has 0 spiro atoms. The molecule has 1 saturated carbocycles. The second-order valence-electron chi connectivity index (χ2n) is 7.02. The number of nitrogens with two attached hydrogens (primary N) is 1. The SMILES string of the molecule is N#Cc1ccc(C(=O)Nc2cccc(CN(CCCN)C(=O)C3CC3)c2)cc1. The molecule has 6 nitrogen and oxygen atoms in total. The zero-order valence-electron chi connectivity index (χ0n) is 15.7. The molecular formula is C22H24N4O2. The Morgan fingerprint density at radius 2 is 1.93 bits per heavy atom. The van der Waals surface area contributed by atoms with Gasteiger partial charge in [0.05, 0.1) is 11.6 Å². The number of nitriles is 1. The number of carbonyl (C=O) groups excluding carboxylic acids is 2. The van der Waals surface area contributed by atoms with E-state index in [-0.39, 0.29) is 17.7 Å². The number of hydrogen-bond donors (Lipinski definition) is 2. The van der Waals surface area contributed by atoms with Crippen molar-refractivity contribution in [2.45, 2.75) is 25.8 Å². The van der Waals surface area contributed by atoms with Crippen LogP contribution in [0.15, 0.2) is 48.5 Å². The summed E-state index contributed by atoms with van der Waals surface area (Å²) in [6.45, 7) is 1.71. The Labute approximate surface area is 164 Å². The first-order chi connectivity index (χ1) is 13.6. The molecule has 1 aliphatic rings. The number of nitrogens with one attached hydrogen (secondary N) is 1. The van der Waals surface area contributed by atoms with E-state index in [1.807, 2.05) is 35.2 Å². The van der Waals surface area contributed by atoms with Gasteiger partial charge in [0.25, 0.3) is 5.91 Å². The number of anilines is 1. The smallest absolute Gasteiger partial charge is 0.255 e. The predicted octanol–water partition coefficient (Wildman–Crippen LogP) is 2.90. The van der Waals surface area contributed by atoms with Gasteiger partial charge in [0.2, 0.25) is 5.91 Å². The number of carbonyl (C=O) groups is 2. The van der Waals surface area contributed by atoms with Crippen molar-refractivity contribution in [1.82, 2.24) is 4.90 Å². The molecule has 0 saturated heterocycles. The van der Waals surface area contributed by atoms with Gasteiger partial charge in [-0.05, 0) is 67.8 Å². The van der Waals surface area contributed by atoms with Crippen LogP contribution in [0.25, 0.3) is 0 Å². The highest BCUT2D eigenvalue weighted by molar-refractivity contribution is 6.04. The van der Waals surface area contributed by atoms with Crippen LogP contribution < -0.4 is 11.1 Å². The fraction of sp³-hybridized carbons (Fsp3) is 0.318. The van der Waals surface area contributed by atoms with Crippen molar-refractivity contribution in [2.75, 3.05) is 18.4 Å². The monoisotopic (exact) mass is 376 g/mol. The first kappa shape index (κ1) is 19.6. The van der Waals surface area contributed by atoms with Crippen molar-refractivity contribution < 1.29 is 9.59 Å². The van der Waals surface area contributed by atoms with Gasteiger partial charge in [0.1, 0.15) is 0 Å². The van der Waals surface area contributed by atoms with Crippen LogP contribution in [0, 0.1) is 17.2 Å². The zero-order chi connectivity index (χ0) is 19.9. The third-order valence-corrected chi connectivity index (χ3v) is 4.70. The summed E-state index contributed by atoms with van der Waals surface area (Å²) in [5.74, 6) is 0.119. The van der Waals surface area contributed by atoms with E-state index in [1.165, 1.54) is 0 Å². The van der Waals surface area contributed by atoms with Gasteiger partial charge in [-0.15, -0.1) is 0 Å². The Bertz CT molecular complexity index is 882. The average Bonchev–Trinajstić information content (AvgIpc) is 3.56. The summed E-state index contributed by atoms with van der Waals surface area (Å²) in [5, 5.41) is 11.7. The normalized spacial score (nSPS) is 12.9. The van der Waals surface area contributed by atoms with Crippen molar-refractivity contribution in [3.63, 3.8) is 0 Å². The lowest BCUT2D eigenvalue weighted by Gasteiger charge is -2.23. The lowest BCUT2D eigenvalue weighted by Crippen LogP contribution is -2.33. The number of amides is 2. The van der Waals surface area contributed by atoms with Crippen LogP contribution in [-0.2, 0) is 11.3 Å². The van der Waals surface area contributed by atoms with E-state index in [9.17, 15) is 9.59 Å². The fourth-order valence-corrected chi connectivity index (χ4v) is 3.01. The molecular weight excluding hydrogens is 352 g/mol. The largest absolute Gasteiger partial charge is 0.338 e. The number of nitrogens with zero attached hydrogens (tertiary/aromatic N) is 2. The molecule has 0 unspecified atom stereocenters. The van der Waals surface area contributed by atoms with Gasteiger partial charge in [-0.25, -0.2) is 0 Å². The van der Waals surface area contributed by atoms with Crippen molar-refractivity contribution in [3.05, 3.63) is 65.2 Å². The molecule has 2 aromatic carbocycles. The van der Waals surface area contributed by atoms with Crippen molar-refractivity contribution in [1.29, 1.82) is 5.26 Å². The fourth-order valence-electron chi connectivity index (χ4n) is 3.01. The van der Waals surface area contributed by atoms with Crippen LogP contribution in [0.1, 0.15) is 40.7 Å². The molecule has 0 aromatic heterocycles. The molecule has 3 rings (SSSR count). The molecule has 0 bridgehead atoms. The molecule has 0 atom stereocenters. The second-order valence-corrected chi connectivity index (χ2v) is 7.02. The molecule has 0 heterocycles. The summed E-state index contributed by atoms with van der Waals surface area (Å²) in [6.07, 6.45) is 2.71. The van der Waals surface area contributed by atoms with Gasteiger partial charge in [0.15, 0.2) is 0 Å². The summed E-state index contributed by atoms with van der Waals surface area (Å²) in [7, 11) is 0. The van der Waals surface area contributed by atoms with Crippen molar-refractivity contribution >= 4 is 17.5 Å². The van der Waals surface area contributed by atoms with Crippen molar-refractivity contribution in [3.8, 4) is 6.07 Å². The second kappa shape index (κ2) is 9.16. The molecule has 0 radical (unpaired) electrons. The standard InChI is InChI=1S/C22H24N4O2/c23-11-2-12-26(22(28)19-9-10-19)15-17-3-1-4-20(13-17)25-21(27)18-7-5-16(14-24)6-8-18/h1,3-8,13,19H,2,9-12,15,23H2,(H,25,27). The lowest BCUT2D eigenvalue weighted by molar-refractivity contribution is -0.133. The van der Waals surface area contributed by atoms with Crippen LogP contribution >= 0.6 is 0 Å². The van der Waals surface area contributed by atoms with E-state index in [0.717, 1.165) is 24.8 Å². The molecule has 28 heavy (non-hydrogen) atoms. The molecule has 0 aliphatic heterocycles. The molecule has 1 aliphatic carbocycles. The van der Waals surface area contributed by atoms with Crippen LogP contribution in [0.4, 0.5) is 5.69 Å². The van der Waals surface area contributed by atoms with Crippen LogP contribution in [-0.4, -0.2) is 29.8 Å². The Hall–Kier alpha value is -3.17. The summed E-state index contributed by atoms with van der Waals surface area (Å²) >= 11 is 0. The molecule has 144 valence electrons. The van der Waals surface area contributed by atoms with Crippen LogP contribution in [0.2, 0.25) is 0 Å². The van der Waals surface area contributed by atoms with Gasteiger partial charge in [0, 0.05) is 30.3 Å². The minimum Gasteiger partial charge on any atom is -0.338 e. The van der Waals surface area contributed by atoms with E-state index in [0.29, 0.717) is 36.4 Å². The number of hydrogen-bond acceptors (Lipinski definition) is 4. The van der Waals surface area contributed by atoms with Gasteiger partial charge >= 0.3 is 0 Å². The topological polar surface area (TPSA) is 99.2 Å². The van der Waals surface area contributed by atoms with Crippen LogP contribution in [0.3, 0.4) is 0 Å². The van der Waals surface area contributed by atoms with E-state index in [2.05, 4.69) is 5.32 Å². The van der Waals surface area contributed by atoms with Gasteiger partial charge < -0.3 is 16.0 Å². The highest BCUT2D eigenvalue weighted by Gasteiger charge is 2.33. The third-order valence-electron chi connectivity index (χ3n) is 4.70. The lowest BCUT2D eigenvalue weighted by atomic mass is 10.1. The van der Waals surface area contributed by atoms with E-state index >= 15 is 0 Å². The van der Waals surface area contributed by atoms with Gasteiger partial charge in [-0.1, -0.05) is 12.1 Å². The minimum atomic E-state index is -0.240. The third kappa shape index (κ3) is 5.18. The Balaban J connectivity index is 1.67. The maximum atomic E-state index is 12.5. The van der Waals surface area contributed by atoms with Crippen LogP contribution in [0.5, 0.6) is 0 Å². The zero-order valence-corrected chi connectivity index (χ0v) is 15.7. The summed E-state index contributed by atoms with van der Waals surface area (Å²) in [4.78, 5) is 26.8. The summed E-state index contributed by atoms with van der Waals surface area (Å²) in [5.41, 5.74) is 8.24. The Morgan fingerprint density at radius 3 is 2.57 bits per heavy atom. The summed E-state index contributed by atoms with van der Waals surface area (Å²) < 4.78 is 0. The number of rotatable bonds is 8. The van der Waals surface area contributed by atoms with Crippen molar-refractivity contribution in [2.24, 2.45) is 11.7 Å². The van der Waals surface area contributed by atoms with E-state index < -0.39 is 0 Å². The maximum absolute atomic E-state index is 12.5. The van der Waals surface area contributed by atoms with E-state index in [4.69, 9.17) is 11.0 Å². The maximum Gasteiger partial charge on any atom is 0.255 e. The molecule has 3 N–H and O–H groups in total. The minimum absolute atomic E-state index is 0.164. The predicted molar refractivity (Wildman–Crippen MR) is 107 cm³/mol. The Morgan fingerprint density at radius 1 is 1.18 bits per heavy atom. The molecule has 6 heteroatoms. The first-order valence-corrected chi connectivity index (χ1v) is 9.50. The molecule has 2 amide bonds. The number of benzene rings is 2. The molecule has 2 aromatic rings. The van der Waals surface area contributed by atoms with Gasteiger partial charge in [-0.2, -0.15) is 5.26 Å². The summed E-state index contributed by atoms with van der Waals surface area (Å²) in [6, 6.07) is 16.0. The van der Waals surface area contributed by atoms with E-state index in [1.54, 1.807) is 24.3 Å². The average molecular weight is 376 g/mol. The Kier molecular flexibility index (Phi) is 6.41. The first-order valence-electron chi connectivity index (χ1n) is 9.50. The highest BCUT2D eigenvalue weighted by atomic mass is 16.2.